The van der Waals surface area contributed by atoms with Crippen LogP contribution in [-0.2, 0) is 125 Å². The molecule has 0 aromatic rings. The lowest BCUT2D eigenvalue weighted by molar-refractivity contribution is -0.375. The Hall–Kier alpha value is -4.83. The second kappa shape index (κ2) is 30.1. The van der Waals surface area contributed by atoms with Crippen molar-refractivity contribution in [3.63, 3.8) is 0 Å². The molecule has 0 aromatic heterocycles. The third-order valence-corrected chi connectivity index (χ3v) is 15.0. The van der Waals surface area contributed by atoms with Crippen molar-refractivity contribution in [1.29, 1.82) is 0 Å². The summed E-state index contributed by atoms with van der Waals surface area (Å²) in [7, 11) is -16.2. The second-order valence-corrected chi connectivity index (χ2v) is 23.5. The van der Waals surface area contributed by atoms with Gasteiger partial charge >= 0.3 is 49.1 Å². The average Bonchev–Trinajstić information content (AvgIpc) is 0.792. The van der Waals surface area contributed by atoms with Gasteiger partial charge in [-0.2, -0.15) is 25.3 Å². The van der Waals surface area contributed by atoms with E-state index in [0.717, 1.165) is 20.8 Å². The zero-order valence-corrected chi connectivity index (χ0v) is 48.3. The number of nitrogens with one attached hydrogen (secondary N) is 3. The van der Waals surface area contributed by atoms with Crippen LogP contribution in [0.15, 0.2) is 11.8 Å². The first-order valence-corrected chi connectivity index (χ1v) is 29.8. The molecule has 3 amide bonds. The van der Waals surface area contributed by atoms with Gasteiger partial charge in [0.05, 0.1) is 19.8 Å². The number of hydrogen-bond donors (Lipinski definition) is 19. The first-order chi connectivity index (χ1) is 41.6. The van der Waals surface area contributed by atoms with Crippen molar-refractivity contribution in [2.45, 2.75) is 193 Å². The van der Waals surface area contributed by atoms with Crippen molar-refractivity contribution in [1.82, 2.24) is 16.0 Å². The van der Waals surface area contributed by atoms with Gasteiger partial charge in [0.2, 0.25) is 29.8 Å². The molecule has 0 bridgehead atoms. The highest BCUT2D eigenvalue weighted by atomic mass is 32.3. The molecular formula is C42H63N3O42S3. The summed E-state index contributed by atoms with van der Waals surface area (Å²) in [4.78, 5) is 75.5. The van der Waals surface area contributed by atoms with Crippen molar-refractivity contribution >= 4 is 66.8 Å². The molecule has 0 spiro atoms. The molecule has 19 N–H and O–H groups in total. The molecule has 516 valence electrons. The van der Waals surface area contributed by atoms with E-state index in [0.29, 0.717) is 6.08 Å². The first-order valence-electron chi connectivity index (χ1n) is 25.7. The van der Waals surface area contributed by atoms with Crippen molar-refractivity contribution in [3.8, 4) is 0 Å². The number of carboxylic acids is 3. The molecule has 45 nitrogen and oxygen atoms in total. The van der Waals surface area contributed by atoms with Crippen molar-refractivity contribution in [2.24, 2.45) is 0 Å². The van der Waals surface area contributed by atoms with Crippen LogP contribution in [0, 0.1) is 0 Å². The van der Waals surface area contributed by atoms with Gasteiger partial charge in [-0.15, -0.1) is 0 Å². The van der Waals surface area contributed by atoms with Gasteiger partial charge in [-0.1, -0.05) is 0 Å². The second-order valence-electron chi connectivity index (χ2n) is 20.2. The van der Waals surface area contributed by atoms with E-state index in [1.807, 2.05) is 0 Å². The van der Waals surface area contributed by atoms with E-state index < -0.39 is 264 Å². The fourth-order valence-corrected chi connectivity index (χ4v) is 10.7. The predicted octanol–water partition coefficient (Wildman–Crippen LogP) is -12.8. The van der Waals surface area contributed by atoms with E-state index in [-0.39, 0.29) is 0 Å². The summed E-state index contributed by atoms with van der Waals surface area (Å²) in [6.45, 7) is -1.73. The summed E-state index contributed by atoms with van der Waals surface area (Å²) in [5.74, 6) is -10.4. The summed E-state index contributed by atoms with van der Waals surface area (Å²) >= 11 is 0. The van der Waals surface area contributed by atoms with Crippen molar-refractivity contribution in [3.05, 3.63) is 11.8 Å². The third-order valence-electron chi connectivity index (χ3n) is 13.7. The first kappa shape index (κ1) is 74.2. The minimum absolute atomic E-state index is 0.521. The number of aliphatic hydroxyl groups is 10. The molecule has 6 heterocycles. The Morgan fingerprint density at radius 3 is 1.08 bits per heavy atom. The summed E-state index contributed by atoms with van der Waals surface area (Å²) in [6, 6.07) is -6.30. The highest BCUT2D eigenvalue weighted by molar-refractivity contribution is 7.81. The van der Waals surface area contributed by atoms with Gasteiger partial charge in [-0.05, 0) is 6.08 Å². The molecule has 28 atom stereocenters. The highest BCUT2D eigenvalue weighted by Crippen LogP contribution is 2.38. The van der Waals surface area contributed by atoms with Gasteiger partial charge in [-0.25, -0.2) is 26.9 Å². The van der Waals surface area contributed by atoms with E-state index in [4.69, 9.17) is 56.7 Å². The van der Waals surface area contributed by atoms with Crippen molar-refractivity contribution < 1.29 is 199 Å². The minimum atomic E-state index is -5.52. The van der Waals surface area contributed by atoms with Crippen LogP contribution in [0.3, 0.4) is 0 Å². The number of carbonyl (C=O) groups excluding carboxylic acids is 3. The lowest BCUT2D eigenvalue weighted by atomic mass is 9.93. The number of aliphatic carboxylic acids is 3. The Kier molecular flexibility index (Phi) is 24.8. The lowest BCUT2D eigenvalue weighted by Gasteiger charge is -2.50. The molecule has 6 rings (SSSR count). The Balaban J connectivity index is 1.32. The Morgan fingerprint density at radius 1 is 0.422 bits per heavy atom. The molecule has 48 heteroatoms. The maximum atomic E-state index is 13.1. The number of ether oxygens (including phenoxy) is 11. The Bertz CT molecular complexity index is 2940. The van der Waals surface area contributed by atoms with Crippen LogP contribution in [-0.4, -0.2) is 333 Å². The number of hydrogen-bond acceptors (Lipinski definition) is 36. The maximum Gasteiger partial charge on any atom is 0.397 e. The SMILES string of the molecule is CC(=O)N[C@H]1[C@H](O[C@H]2[C@H](O)[C@@H](O)[C@H](O[C@H]3[C@@H](O)[C@@H](COS(=O)(=O)O)OC(O)[C@@H]3NC(C)=O)O[C@@H]2C(=O)O)O[C@H](COS(=O)(=O)O)[C@H](O)[C@@H]1O[C@@H]1O[C@H](C(=O)O)[C@@H](O[C@@H]2O[C@H](COS(=O)(=O)O)[C@H](O)[C@H](O[C@@H]3OC(C(=O)O)=C[C@H](O)[C@H]3O)[C@H]2NC(C)=O)[C@H](O)[C@H]1O. The molecule has 6 aliphatic heterocycles. The van der Waals surface area contributed by atoms with Crippen LogP contribution in [0.5, 0.6) is 0 Å². The van der Waals surface area contributed by atoms with Gasteiger partial charge in [0, 0.05) is 20.8 Å². The van der Waals surface area contributed by atoms with Crippen LogP contribution in [0.1, 0.15) is 20.8 Å². The van der Waals surface area contributed by atoms with Gasteiger partial charge in [-0.3, -0.25) is 28.0 Å². The molecule has 5 fully saturated rings. The molecule has 5 saturated heterocycles. The molecule has 90 heavy (non-hydrogen) atoms. The molecule has 0 radical (unpaired) electrons. The van der Waals surface area contributed by atoms with E-state index >= 15 is 0 Å². The quantitative estimate of drug-likeness (QED) is 0.0377. The number of carboxylic acid groups (broad SMARTS) is 3. The lowest BCUT2D eigenvalue weighted by Crippen LogP contribution is -2.71. The number of amides is 3. The molecule has 6 aliphatic rings. The van der Waals surface area contributed by atoms with Gasteiger partial charge in [0.1, 0.15) is 122 Å². The maximum absolute atomic E-state index is 13.1. The zero-order valence-electron chi connectivity index (χ0n) is 45.9. The zero-order chi connectivity index (χ0) is 67.6. The highest BCUT2D eigenvalue weighted by Gasteiger charge is 2.60. The normalized spacial score (nSPS) is 41.1. The largest absolute Gasteiger partial charge is 0.479 e. The molecular weight excluding hydrogens is 1310 g/mol. The number of rotatable bonds is 25. The average molecular weight is 1380 g/mol. The number of aliphatic hydroxyl groups excluding tert-OH is 10. The van der Waals surface area contributed by atoms with E-state index in [1.165, 1.54) is 0 Å². The topological polar surface area (TPSA) is 694 Å². The van der Waals surface area contributed by atoms with Crippen LogP contribution < -0.4 is 16.0 Å². The van der Waals surface area contributed by atoms with Gasteiger partial charge in [0.15, 0.2) is 43.7 Å². The van der Waals surface area contributed by atoms with Crippen LogP contribution >= 0.6 is 0 Å². The third kappa shape index (κ3) is 18.7. The summed E-state index contributed by atoms with van der Waals surface area (Å²) < 4.78 is 171. The van der Waals surface area contributed by atoms with Gasteiger partial charge in [0.25, 0.3) is 0 Å². The fraction of sp³-hybridized carbons (Fsp3) is 0.810. The Labute approximate surface area is 504 Å². The number of carbonyl (C=O) groups is 6. The summed E-state index contributed by atoms with van der Waals surface area (Å²) in [5.41, 5.74) is 0. The molecule has 0 saturated carbocycles. The standard InChI is InChI=1S/C42H63N3O42S3/c1-8(46)43-16-27(20(51)13(77-37(16)64)5-74-88(65,66)67)81-41-25(56)23(54)30(32(86-41)35(60)61)85-39-18(45-10(3)48)29(22(53)15(80-39)7-76-90(71,72)73)83-42-26(57)24(55)31(33(87-42)36(62)63)84-38-17(44-9(2)47)28(21(52)14(79-38)6-75-89(68,69)70)82-40-19(50)11(49)4-12(78-40)34(58)59/h4,11,13-33,37-42,49-57,64H,5-7H2,1-3H3,(H,43,46)(H,44,47)(H,45,48)(H,58,59)(H,60,61)(H,62,63)(H,65,66,67)(H,68,69,70)(H,71,72,73)/t11-,13+,14+,15+,16+,17+,18+,19+,20-,21-,22-,23+,24+,25+,26+,27+,28+,29+,30-,31-,32-,33-,37?,38-,39-,40-,41+,42+/m0/s1. The molecule has 1 unspecified atom stereocenters. The smallest absolute Gasteiger partial charge is 0.397 e. The van der Waals surface area contributed by atoms with E-state index in [9.17, 15) is 130 Å². The van der Waals surface area contributed by atoms with Gasteiger partial charge < -0.3 is 134 Å². The van der Waals surface area contributed by atoms with Crippen molar-refractivity contribution in [2.75, 3.05) is 19.8 Å². The van der Waals surface area contributed by atoms with Crippen LogP contribution in [0.25, 0.3) is 0 Å². The predicted molar refractivity (Wildman–Crippen MR) is 265 cm³/mol. The van der Waals surface area contributed by atoms with Crippen LogP contribution in [0.4, 0.5) is 0 Å². The fourth-order valence-electron chi connectivity index (χ4n) is 9.78. The summed E-state index contributed by atoms with van der Waals surface area (Å²) in [6.07, 6.45) is -60.3. The minimum Gasteiger partial charge on any atom is -0.479 e. The Morgan fingerprint density at radius 2 is 0.744 bits per heavy atom. The van der Waals surface area contributed by atoms with E-state index in [2.05, 4.69) is 28.5 Å². The molecule has 0 aromatic carbocycles. The van der Waals surface area contributed by atoms with Crippen LogP contribution in [0.2, 0.25) is 0 Å². The van der Waals surface area contributed by atoms with E-state index in [1.54, 1.807) is 0 Å². The monoisotopic (exact) mass is 1380 g/mol. The summed E-state index contributed by atoms with van der Waals surface area (Å²) in [5, 5.41) is 149. The molecule has 0 aliphatic carbocycles.